The first-order valence-electron chi connectivity index (χ1n) is 5.02. The number of aromatic nitrogens is 2. The van der Waals surface area contributed by atoms with Gasteiger partial charge in [0.1, 0.15) is 22.5 Å². The molecule has 1 atom stereocenters. The van der Waals surface area contributed by atoms with Crippen molar-refractivity contribution in [1.29, 1.82) is 5.26 Å². The Morgan fingerprint density at radius 1 is 1.56 bits per heavy atom. The normalized spacial score (nSPS) is 22.3. The second kappa shape index (κ2) is 4.48. The summed E-state index contributed by atoms with van der Waals surface area (Å²) in [5.74, 6) is -0.221. The second-order valence-corrected chi connectivity index (χ2v) is 6.55. The van der Waals surface area contributed by atoms with Gasteiger partial charge in [-0.2, -0.15) is 10.4 Å². The summed E-state index contributed by atoms with van der Waals surface area (Å²) in [5, 5.41) is 12.1. The topological polar surface area (TPSA) is 75.8 Å². The van der Waals surface area contributed by atoms with Crippen molar-refractivity contribution in [2.75, 3.05) is 11.5 Å². The van der Waals surface area contributed by atoms with E-state index in [4.69, 9.17) is 16.9 Å². The smallest absolute Gasteiger partial charge is 0.248 e. The summed E-state index contributed by atoms with van der Waals surface area (Å²) < 4.78 is 49.0. The third-order valence-corrected chi connectivity index (χ3v) is 4.86. The molecule has 18 heavy (non-hydrogen) atoms. The van der Waals surface area contributed by atoms with E-state index >= 15 is 0 Å². The van der Waals surface area contributed by atoms with E-state index in [1.165, 1.54) is 0 Å². The summed E-state index contributed by atoms with van der Waals surface area (Å²) >= 11 is 5.80. The average Bonchev–Trinajstić information content (AvgIpc) is 2.78. The number of sulfone groups is 1. The number of nitrogens with zero attached hydrogens (tertiary/aromatic N) is 3. The summed E-state index contributed by atoms with van der Waals surface area (Å²) in [6.07, 6.45) is -2.66. The number of nitriles is 1. The monoisotopic (exact) mass is 295 g/mol. The van der Waals surface area contributed by atoms with Crippen molar-refractivity contribution >= 4 is 21.4 Å². The van der Waals surface area contributed by atoms with Gasteiger partial charge >= 0.3 is 0 Å². The number of halogens is 3. The highest BCUT2D eigenvalue weighted by Crippen LogP contribution is 2.32. The molecule has 1 aliphatic heterocycles. The van der Waals surface area contributed by atoms with E-state index in [-0.39, 0.29) is 23.1 Å². The molecule has 0 spiro atoms. The van der Waals surface area contributed by atoms with Gasteiger partial charge in [-0.15, -0.1) is 0 Å². The molecular formula is C9H8ClF2N3O2S. The lowest BCUT2D eigenvalue weighted by atomic mass is 10.2. The third kappa shape index (κ3) is 2.20. The van der Waals surface area contributed by atoms with Crippen molar-refractivity contribution in [3.63, 3.8) is 0 Å². The van der Waals surface area contributed by atoms with Gasteiger partial charge in [-0.25, -0.2) is 21.9 Å². The minimum atomic E-state index is -3.18. The van der Waals surface area contributed by atoms with E-state index in [1.807, 2.05) is 0 Å². The summed E-state index contributed by atoms with van der Waals surface area (Å²) in [6.45, 7) is 0. The van der Waals surface area contributed by atoms with Crippen LogP contribution in [-0.4, -0.2) is 29.7 Å². The largest absolute Gasteiger partial charge is 0.283 e. The molecule has 0 radical (unpaired) electrons. The van der Waals surface area contributed by atoms with Crippen LogP contribution in [-0.2, 0) is 9.84 Å². The molecule has 0 aromatic carbocycles. The SMILES string of the molecule is N#Cc1c(C(F)F)nn(C2CCS(=O)(=O)C2)c1Cl. The van der Waals surface area contributed by atoms with Crippen molar-refractivity contribution in [2.24, 2.45) is 0 Å². The fourth-order valence-corrected chi connectivity index (χ4v) is 3.90. The molecule has 1 unspecified atom stereocenters. The Kier molecular flexibility index (Phi) is 3.29. The number of hydrogen-bond acceptors (Lipinski definition) is 4. The summed E-state index contributed by atoms with van der Waals surface area (Å²) in [4.78, 5) is 0. The molecule has 1 saturated heterocycles. The molecule has 5 nitrogen and oxygen atoms in total. The van der Waals surface area contributed by atoms with Gasteiger partial charge < -0.3 is 0 Å². The Morgan fingerprint density at radius 3 is 2.61 bits per heavy atom. The van der Waals surface area contributed by atoms with Crippen LogP contribution in [0.1, 0.15) is 30.1 Å². The van der Waals surface area contributed by atoms with Crippen LogP contribution < -0.4 is 0 Å². The molecule has 2 heterocycles. The zero-order valence-corrected chi connectivity index (χ0v) is 10.5. The molecule has 1 aromatic rings. The lowest BCUT2D eigenvalue weighted by Crippen LogP contribution is -2.12. The molecular weight excluding hydrogens is 288 g/mol. The van der Waals surface area contributed by atoms with E-state index < -0.39 is 33.6 Å². The summed E-state index contributed by atoms with van der Waals surface area (Å²) in [7, 11) is -3.18. The first kappa shape index (κ1) is 13.2. The predicted molar refractivity (Wildman–Crippen MR) is 59.2 cm³/mol. The van der Waals surface area contributed by atoms with E-state index in [0.29, 0.717) is 0 Å². The molecule has 1 aliphatic rings. The molecule has 9 heteroatoms. The van der Waals surface area contributed by atoms with Gasteiger partial charge in [-0.1, -0.05) is 11.6 Å². The van der Waals surface area contributed by atoms with Gasteiger partial charge in [0.2, 0.25) is 0 Å². The highest BCUT2D eigenvalue weighted by molar-refractivity contribution is 7.91. The number of rotatable bonds is 2. The standard InChI is InChI=1S/C9H8ClF2N3O2S/c10-8-6(3-13)7(9(11)12)14-15(8)5-1-2-18(16,17)4-5/h5,9H,1-2,4H2. The minimum Gasteiger partial charge on any atom is -0.248 e. The quantitative estimate of drug-likeness (QED) is 0.832. The first-order valence-corrected chi connectivity index (χ1v) is 7.22. The van der Waals surface area contributed by atoms with Crippen molar-refractivity contribution in [3.8, 4) is 6.07 Å². The predicted octanol–water partition coefficient (Wildman–Crippen LogP) is 1.71. The summed E-state index contributed by atoms with van der Waals surface area (Å²) in [6, 6.07) is 0.984. The van der Waals surface area contributed by atoms with Gasteiger partial charge in [0, 0.05) is 0 Å². The molecule has 0 amide bonds. The van der Waals surface area contributed by atoms with Crippen molar-refractivity contribution in [1.82, 2.24) is 9.78 Å². The highest BCUT2D eigenvalue weighted by Gasteiger charge is 2.33. The van der Waals surface area contributed by atoms with E-state index in [0.717, 1.165) is 4.68 Å². The van der Waals surface area contributed by atoms with Gasteiger partial charge in [0.05, 0.1) is 17.5 Å². The average molecular weight is 296 g/mol. The second-order valence-electron chi connectivity index (χ2n) is 3.96. The van der Waals surface area contributed by atoms with E-state index in [1.54, 1.807) is 6.07 Å². The maximum absolute atomic E-state index is 12.6. The van der Waals surface area contributed by atoms with Crippen LogP contribution in [0, 0.1) is 11.3 Å². The minimum absolute atomic E-state index is 0.0280. The Labute approximate surface area is 107 Å². The highest BCUT2D eigenvalue weighted by atomic mass is 35.5. The third-order valence-electron chi connectivity index (χ3n) is 2.75. The lowest BCUT2D eigenvalue weighted by Gasteiger charge is -2.09. The molecule has 98 valence electrons. The fraction of sp³-hybridized carbons (Fsp3) is 0.556. The van der Waals surface area contributed by atoms with E-state index in [2.05, 4.69) is 5.10 Å². The van der Waals surface area contributed by atoms with Gasteiger partial charge in [-0.3, -0.25) is 0 Å². The zero-order valence-electron chi connectivity index (χ0n) is 8.98. The first-order chi connectivity index (χ1) is 8.35. The van der Waals surface area contributed by atoms with E-state index in [9.17, 15) is 17.2 Å². The maximum atomic E-state index is 12.6. The van der Waals surface area contributed by atoms with Gasteiger partial charge in [-0.05, 0) is 6.42 Å². The van der Waals surface area contributed by atoms with Crippen molar-refractivity contribution in [3.05, 3.63) is 16.4 Å². The van der Waals surface area contributed by atoms with Crippen LogP contribution in [0.4, 0.5) is 8.78 Å². The molecule has 0 N–H and O–H groups in total. The zero-order chi connectivity index (χ0) is 13.5. The van der Waals surface area contributed by atoms with Crippen molar-refractivity contribution < 1.29 is 17.2 Å². The van der Waals surface area contributed by atoms with Crippen LogP contribution in [0.25, 0.3) is 0 Å². The molecule has 0 saturated carbocycles. The Hall–Kier alpha value is -1.20. The maximum Gasteiger partial charge on any atom is 0.283 e. The number of hydrogen-bond donors (Lipinski definition) is 0. The lowest BCUT2D eigenvalue weighted by molar-refractivity contribution is 0.144. The Morgan fingerprint density at radius 2 is 2.22 bits per heavy atom. The van der Waals surface area contributed by atoms with Gasteiger partial charge in [0.25, 0.3) is 6.43 Å². The van der Waals surface area contributed by atoms with Crippen LogP contribution in [0.15, 0.2) is 0 Å². The van der Waals surface area contributed by atoms with Crippen LogP contribution in [0.2, 0.25) is 5.15 Å². The molecule has 0 bridgehead atoms. The van der Waals surface area contributed by atoms with Crippen LogP contribution >= 0.6 is 11.6 Å². The molecule has 1 fully saturated rings. The molecule has 2 rings (SSSR count). The molecule has 1 aromatic heterocycles. The number of alkyl halides is 2. The molecule has 0 aliphatic carbocycles. The Bertz CT molecular complexity index is 620. The van der Waals surface area contributed by atoms with Crippen LogP contribution in [0.5, 0.6) is 0 Å². The Balaban J connectivity index is 2.45. The summed E-state index contributed by atoms with van der Waals surface area (Å²) in [5.41, 5.74) is -1.09. The van der Waals surface area contributed by atoms with Crippen LogP contribution in [0.3, 0.4) is 0 Å². The van der Waals surface area contributed by atoms with Gasteiger partial charge in [0.15, 0.2) is 9.84 Å². The van der Waals surface area contributed by atoms with Crippen molar-refractivity contribution in [2.45, 2.75) is 18.9 Å². The fourth-order valence-electron chi connectivity index (χ4n) is 1.90.